The Hall–Kier alpha value is -3.32. The molecule has 1 unspecified atom stereocenters. The molecule has 2 aromatic carbocycles. The van der Waals surface area contributed by atoms with Crippen molar-refractivity contribution in [2.75, 3.05) is 26.2 Å². The van der Waals surface area contributed by atoms with Gasteiger partial charge in [0.15, 0.2) is 0 Å². The number of ether oxygens (including phenoxy) is 1. The molecule has 0 spiro atoms. The van der Waals surface area contributed by atoms with Gasteiger partial charge in [-0.15, -0.1) is 0 Å². The van der Waals surface area contributed by atoms with Crippen LogP contribution in [0.25, 0.3) is 10.9 Å². The van der Waals surface area contributed by atoms with Crippen molar-refractivity contribution < 1.29 is 14.3 Å². The SMILES string of the molecule is CCc1c(C(=O)N[C@@H](CCC2CC2)C(=O)NC(C)c2ccc(OCCN3CCCC3)cc2)[nH]c2ccccc12. The Balaban J connectivity index is 1.20. The molecule has 0 bridgehead atoms. The highest BCUT2D eigenvalue weighted by atomic mass is 16.5. The minimum atomic E-state index is -0.579. The van der Waals surface area contributed by atoms with Gasteiger partial charge in [0.1, 0.15) is 24.1 Å². The van der Waals surface area contributed by atoms with E-state index in [2.05, 4.69) is 27.4 Å². The van der Waals surface area contributed by atoms with Crippen molar-refractivity contribution in [1.29, 1.82) is 0 Å². The second-order valence-corrected chi connectivity index (χ2v) is 11.1. The van der Waals surface area contributed by atoms with E-state index in [1.807, 2.05) is 55.5 Å². The largest absolute Gasteiger partial charge is 0.492 e. The van der Waals surface area contributed by atoms with Crippen LogP contribution in [0.1, 0.15) is 80.0 Å². The van der Waals surface area contributed by atoms with Crippen LogP contribution in [0.4, 0.5) is 0 Å². The van der Waals surface area contributed by atoms with Crippen molar-refractivity contribution >= 4 is 22.7 Å². The summed E-state index contributed by atoms with van der Waals surface area (Å²) in [6, 6.07) is 15.1. The number of hydrogen-bond acceptors (Lipinski definition) is 4. The monoisotopic (exact) mass is 530 g/mol. The van der Waals surface area contributed by atoms with Crippen LogP contribution >= 0.6 is 0 Å². The molecule has 208 valence electrons. The molecule has 3 aromatic rings. The number of fused-ring (bicyclic) bond motifs is 1. The Kier molecular flexibility index (Phi) is 8.87. The van der Waals surface area contributed by atoms with Gasteiger partial charge in [-0.1, -0.05) is 50.1 Å². The molecule has 1 saturated heterocycles. The van der Waals surface area contributed by atoms with Gasteiger partial charge in [-0.3, -0.25) is 14.5 Å². The average Bonchev–Trinajstić information content (AvgIpc) is 3.48. The number of aromatic nitrogens is 1. The molecule has 1 aliphatic carbocycles. The first-order chi connectivity index (χ1) is 19.0. The maximum Gasteiger partial charge on any atom is 0.268 e. The molecular formula is C32H42N4O3. The van der Waals surface area contributed by atoms with E-state index in [1.54, 1.807) is 0 Å². The zero-order chi connectivity index (χ0) is 27.2. The van der Waals surface area contributed by atoms with Gasteiger partial charge in [-0.2, -0.15) is 0 Å². The Labute approximate surface area is 231 Å². The fourth-order valence-corrected chi connectivity index (χ4v) is 5.62. The molecule has 2 aliphatic rings. The van der Waals surface area contributed by atoms with E-state index >= 15 is 0 Å². The summed E-state index contributed by atoms with van der Waals surface area (Å²) >= 11 is 0. The van der Waals surface area contributed by atoms with E-state index in [4.69, 9.17) is 4.74 Å². The number of carbonyl (C=O) groups is 2. The number of likely N-dealkylation sites (tertiary alicyclic amines) is 1. The average molecular weight is 531 g/mol. The van der Waals surface area contributed by atoms with Gasteiger partial charge in [0.25, 0.3) is 5.91 Å². The third-order valence-electron chi connectivity index (χ3n) is 8.19. The number of amides is 2. The van der Waals surface area contributed by atoms with Crippen molar-refractivity contribution in [3.8, 4) is 5.75 Å². The number of hydrogen-bond donors (Lipinski definition) is 3. The van der Waals surface area contributed by atoms with Gasteiger partial charge in [0.05, 0.1) is 6.04 Å². The van der Waals surface area contributed by atoms with E-state index < -0.39 is 6.04 Å². The van der Waals surface area contributed by atoms with Crippen molar-refractivity contribution in [2.45, 2.75) is 70.9 Å². The number of nitrogens with zero attached hydrogens (tertiary/aromatic N) is 1. The number of para-hydroxylation sites is 1. The summed E-state index contributed by atoms with van der Waals surface area (Å²) in [5.41, 5.74) is 3.49. The minimum absolute atomic E-state index is 0.142. The molecule has 2 amide bonds. The van der Waals surface area contributed by atoms with Crippen LogP contribution < -0.4 is 15.4 Å². The van der Waals surface area contributed by atoms with E-state index in [0.717, 1.165) is 47.2 Å². The lowest BCUT2D eigenvalue weighted by Crippen LogP contribution is -2.47. The predicted octanol–water partition coefficient (Wildman–Crippen LogP) is 5.37. The number of rotatable bonds is 13. The molecule has 2 atom stereocenters. The summed E-state index contributed by atoms with van der Waals surface area (Å²) in [5, 5.41) is 7.26. The summed E-state index contributed by atoms with van der Waals surface area (Å²) in [7, 11) is 0. The molecule has 1 saturated carbocycles. The number of H-pyrrole nitrogens is 1. The quantitative estimate of drug-likeness (QED) is 0.277. The first-order valence-corrected chi connectivity index (χ1v) is 14.7. The molecule has 39 heavy (non-hydrogen) atoms. The number of carbonyl (C=O) groups excluding carboxylic acids is 2. The van der Waals surface area contributed by atoms with E-state index in [9.17, 15) is 9.59 Å². The van der Waals surface area contributed by atoms with Gasteiger partial charge in [-0.05, 0) is 87.4 Å². The molecule has 2 fully saturated rings. The molecular weight excluding hydrogens is 488 g/mol. The van der Waals surface area contributed by atoms with Crippen LogP contribution in [0.3, 0.4) is 0 Å². The molecule has 2 heterocycles. The minimum Gasteiger partial charge on any atom is -0.492 e. The standard InChI is InChI=1S/C32H42N4O3/c1-3-26-27-8-4-5-9-28(27)34-30(26)32(38)35-29(17-12-23-10-11-23)31(37)33-22(2)24-13-15-25(16-14-24)39-21-20-36-18-6-7-19-36/h4-5,8-9,13-16,22-23,29,34H,3,6-7,10-12,17-21H2,1-2H3,(H,33,37)(H,35,38)/t22?,29-/m0/s1. The Morgan fingerprint density at radius 3 is 2.51 bits per heavy atom. The van der Waals surface area contributed by atoms with Gasteiger partial charge in [-0.25, -0.2) is 0 Å². The van der Waals surface area contributed by atoms with Crippen LogP contribution in [0.2, 0.25) is 0 Å². The molecule has 3 N–H and O–H groups in total. The van der Waals surface area contributed by atoms with E-state index in [-0.39, 0.29) is 17.9 Å². The molecule has 1 aromatic heterocycles. The van der Waals surface area contributed by atoms with Crippen LogP contribution in [0.15, 0.2) is 48.5 Å². The summed E-state index contributed by atoms with van der Waals surface area (Å²) in [5.74, 6) is 1.15. The third kappa shape index (κ3) is 7.01. The summed E-state index contributed by atoms with van der Waals surface area (Å²) < 4.78 is 5.93. The maximum absolute atomic E-state index is 13.4. The summed E-state index contributed by atoms with van der Waals surface area (Å²) in [6.07, 6.45) is 7.32. The number of aromatic amines is 1. The first kappa shape index (κ1) is 27.3. The zero-order valence-electron chi connectivity index (χ0n) is 23.3. The second kappa shape index (κ2) is 12.7. The first-order valence-electron chi connectivity index (χ1n) is 14.7. The lowest BCUT2D eigenvalue weighted by Gasteiger charge is -2.22. The van der Waals surface area contributed by atoms with Crippen molar-refractivity contribution in [3.63, 3.8) is 0 Å². The van der Waals surface area contributed by atoms with Gasteiger partial charge in [0.2, 0.25) is 5.91 Å². The topological polar surface area (TPSA) is 86.5 Å². The van der Waals surface area contributed by atoms with Crippen molar-refractivity contribution in [1.82, 2.24) is 20.5 Å². The molecule has 7 nitrogen and oxygen atoms in total. The molecule has 5 rings (SSSR count). The maximum atomic E-state index is 13.4. The normalized spacial score (nSPS) is 17.2. The van der Waals surface area contributed by atoms with Gasteiger partial charge in [0, 0.05) is 17.4 Å². The van der Waals surface area contributed by atoms with E-state index in [1.165, 1.54) is 38.8 Å². The van der Waals surface area contributed by atoms with Crippen LogP contribution in [-0.4, -0.2) is 54.0 Å². The number of benzene rings is 2. The highest BCUT2D eigenvalue weighted by Crippen LogP contribution is 2.34. The Bertz CT molecular complexity index is 1260. The Morgan fingerprint density at radius 1 is 1.05 bits per heavy atom. The predicted molar refractivity (Wildman–Crippen MR) is 155 cm³/mol. The summed E-state index contributed by atoms with van der Waals surface area (Å²) in [4.78, 5) is 32.5. The second-order valence-electron chi connectivity index (χ2n) is 11.1. The third-order valence-corrected chi connectivity index (χ3v) is 8.19. The van der Waals surface area contributed by atoms with Gasteiger partial charge < -0.3 is 20.4 Å². The highest BCUT2D eigenvalue weighted by Gasteiger charge is 2.29. The molecule has 0 radical (unpaired) electrons. The lowest BCUT2D eigenvalue weighted by atomic mass is 10.0. The summed E-state index contributed by atoms with van der Waals surface area (Å²) in [6.45, 7) is 8.01. The van der Waals surface area contributed by atoms with Crippen molar-refractivity contribution in [2.24, 2.45) is 5.92 Å². The molecule has 7 heteroatoms. The van der Waals surface area contributed by atoms with Gasteiger partial charge >= 0.3 is 0 Å². The van der Waals surface area contributed by atoms with Crippen molar-refractivity contribution in [3.05, 3.63) is 65.4 Å². The Morgan fingerprint density at radius 2 is 1.79 bits per heavy atom. The fourth-order valence-electron chi connectivity index (χ4n) is 5.62. The smallest absolute Gasteiger partial charge is 0.268 e. The number of nitrogens with one attached hydrogen (secondary N) is 3. The lowest BCUT2D eigenvalue weighted by molar-refractivity contribution is -0.123. The fraction of sp³-hybridized carbons (Fsp3) is 0.500. The van der Waals surface area contributed by atoms with Crippen LogP contribution in [0, 0.1) is 5.92 Å². The number of aryl methyl sites for hydroxylation is 1. The molecule has 1 aliphatic heterocycles. The van der Waals surface area contributed by atoms with Crippen LogP contribution in [0.5, 0.6) is 5.75 Å². The van der Waals surface area contributed by atoms with E-state index in [0.29, 0.717) is 24.6 Å². The van der Waals surface area contributed by atoms with Crippen LogP contribution in [-0.2, 0) is 11.2 Å². The zero-order valence-corrected chi connectivity index (χ0v) is 23.3. The highest BCUT2D eigenvalue weighted by molar-refractivity contribution is 6.02.